The predicted molar refractivity (Wildman–Crippen MR) is 68.7 cm³/mol. The van der Waals surface area contributed by atoms with Crippen molar-refractivity contribution in [1.82, 2.24) is 5.32 Å². The van der Waals surface area contributed by atoms with Gasteiger partial charge in [0.2, 0.25) is 0 Å². The van der Waals surface area contributed by atoms with Crippen molar-refractivity contribution in [2.45, 2.75) is 13.3 Å². The Bertz CT molecular complexity index is 388. The first kappa shape index (κ1) is 12.0. The van der Waals surface area contributed by atoms with Crippen molar-refractivity contribution in [3.05, 3.63) is 35.9 Å². The zero-order valence-corrected chi connectivity index (χ0v) is 10.2. The van der Waals surface area contributed by atoms with E-state index in [4.69, 9.17) is 9.47 Å². The number of benzene rings is 1. The summed E-state index contributed by atoms with van der Waals surface area (Å²) >= 11 is 0. The molecule has 0 atom stereocenters. The summed E-state index contributed by atoms with van der Waals surface area (Å²) in [5, 5.41) is 3.29. The van der Waals surface area contributed by atoms with E-state index in [1.807, 2.05) is 31.2 Å². The Hall–Kier alpha value is -1.48. The lowest BCUT2D eigenvalue weighted by Crippen LogP contribution is -2.22. The fourth-order valence-electron chi connectivity index (χ4n) is 1.80. The van der Waals surface area contributed by atoms with Gasteiger partial charge in [0.05, 0.1) is 6.61 Å². The molecule has 1 aliphatic heterocycles. The van der Waals surface area contributed by atoms with E-state index in [0.717, 1.165) is 31.0 Å². The van der Waals surface area contributed by atoms with Crippen molar-refractivity contribution in [1.29, 1.82) is 0 Å². The summed E-state index contributed by atoms with van der Waals surface area (Å²) in [6, 6.07) is 7.80. The summed E-state index contributed by atoms with van der Waals surface area (Å²) in [7, 11) is 0. The van der Waals surface area contributed by atoms with E-state index in [0.29, 0.717) is 13.2 Å². The molecule has 0 unspecified atom stereocenters. The minimum atomic E-state index is 0.678. The van der Waals surface area contributed by atoms with E-state index in [1.165, 1.54) is 5.57 Å². The summed E-state index contributed by atoms with van der Waals surface area (Å²) in [5.74, 6) is 1.74. The molecular weight excluding hydrogens is 214 g/mol. The van der Waals surface area contributed by atoms with Crippen molar-refractivity contribution in [2.24, 2.45) is 0 Å². The summed E-state index contributed by atoms with van der Waals surface area (Å²) in [5.41, 5.74) is 1.37. The summed E-state index contributed by atoms with van der Waals surface area (Å²) < 4.78 is 11.2. The summed E-state index contributed by atoms with van der Waals surface area (Å²) in [6.07, 6.45) is 3.28. The normalized spacial score (nSPS) is 15.2. The Morgan fingerprint density at radius 2 is 2.06 bits per heavy atom. The molecular formula is C14H19NO2. The molecule has 92 valence electrons. The Morgan fingerprint density at radius 1 is 1.24 bits per heavy atom. The second-order valence-electron chi connectivity index (χ2n) is 4.01. The third-order valence-electron chi connectivity index (χ3n) is 2.70. The molecule has 1 aromatic rings. The number of nitrogens with one attached hydrogen (secondary N) is 1. The van der Waals surface area contributed by atoms with Gasteiger partial charge in [0.25, 0.3) is 0 Å². The van der Waals surface area contributed by atoms with Gasteiger partial charge in [-0.1, -0.05) is 12.1 Å². The number of hydrogen-bond donors (Lipinski definition) is 1. The highest BCUT2D eigenvalue weighted by Crippen LogP contribution is 2.20. The minimum Gasteiger partial charge on any atom is -0.494 e. The highest BCUT2D eigenvalue weighted by molar-refractivity contribution is 5.33. The molecule has 0 radical (unpaired) electrons. The Labute approximate surface area is 102 Å². The van der Waals surface area contributed by atoms with Gasteiger partial charge in [-0.3, -0.25) is 0 Å². The molecule has 2 rings (SSSR count). The van der Waals surface area contributed by atoms with Crippen LogP contribution in [0.5, 0.6) is 11.5 Å². The van der Waals surface area contributed by atoms with Crippen LogP contribution in [0.4, 0.5) is 0 Å². The van der Waals surface area contributed by atoms with E-state index in [-0.39, 0.29) is 0 Å². The van der Waals surface area contributed by atoms with Gasteiger partial charge in [-0.25, -0.2) is 0 Å². The SMILES string of the molecule is CCOc1cccc(OCC2=CCNCC2)c1. The van der Waals surface area contributed by atoms with Crippen LogP contribution in [-0.2, 0) is 0 Å². The molecule has 3 nitrogen and oxygen atoms in total. The second-order valence-corrected chi connectivity index (χ2v) is 4.01. The van der Waals surface area contributed by atoms with Crippen LogP contribution in [-0.4, -0.2) is 26.3 Å². The molecule has 0 bridgehead atoms. The van der Waals surface area contributed by atoms with Crippen molar-refractivity contribution >= 4 is 0 Å². The van der Waals surface area contributed by atoms with E-state index in [2.05, 4.69) is 11.4 Å². The van der Waals surface area contributed by atoms with Crippen LogP contribution in [0, 0.1) is 0 Å². The first-order valence-electron chi connectivity index (χ1n) is 6.13. The van der Waals surface area contributed by atoms with E-state index >= 15 is 0 Å². The molecule has 17 heavy (non-hydrogen) atoms. The van der Waals surface area contributed by atoms with Gasteiger partial charge < -0.3 is 14.8 Å². The summed E-state index contributed by atoms with van der Waals surface area (Å²) in [6.45, 7) is 5.34. The van der Waals surface area contributed by atoms with Crippen LogP contribution in [0.25, 0.3) is 0 Å². The molecule has 1 aromatic carbocycles. The Balaban J connectivity index is 1.89. The zero-order chi connectivity index (χ0) is 11.9. The van der Waals surface area contributed by atoms with Crippen LogP contribution < -0.4 is 14.8 Å². The monoisotopic (exact) mass is 233 g/mol. The molecule has 1 aliphatic rings. The maximum atomic E-state index is 5.76. The number of ether oxygens (including phenoxy) is 2. The molecule has 0 aromatic heterocycles. The Kier molecular flexibility index (Phi) is 4.45. The van der Waals surface area contributed by atoms with E-state index in [9.17, 15) is 0 Å². The largest absolute Gasteiger partial charge is 0.494 e. The lowest BCUT2D eigenvalue weighted by Gasteiger charge is -2.15. The van der Waals surface area contributed by atoms with Crippen LogP contribution in [0.3, 0.4) is 0 Å². The van der Waals surface area contributed by atoms with Crippen molar-refractivity contribution < 1.29 is 9.47 Å². The van der Waals surface area contributed by atoms with Crippen molar-refractivity contribution in [3.63, 3.8) is 0 Å². The molecule has 1 N–H and O–H groups in total. The average molecular weight is 233 g/mol. The quantitative estimate of drug-likeness (QED) is 0.792. The topological polar surface area (TPSA) is 30.5 Å². The van der Waals surface area contributed by atoms with E-state index < -0.39 is 0 Å². The van der Waals surface area contributed by atoms with E-state index in [1.54, 1.807) is 0 Å². The first-order chi connectivity index (χ1) is 8.38. The highest BCUT2D eigenvalue weighted by atomic mass is 16.5. The van der Waals surface area contributed by atoms with Gasteiger partial charge in [-0.15, -0.1) is 0 Å². The average Bonchev–Trinajstić information content (AvgIpc) is 2.39. The lowest BCUT2D eigenvalue weighted by atomic mass is 10.1. The van der Waals surface area contributed by atoms with Gasteiger partial charge in [0.15, 0.2) is 0 Å². The van der Waals surface area contributed by atoms with Crippen LogP contribution in [0.15, 0.2) is 35.9 Å². The molecule has 0 saturated heterocycles. The smallest absolute Gasteiger partial charge is 0.123 e. The maximum Gasteiger partial charge on any atom is 0.123 e. The fourth-order valence-corrected chi connectivity index (χ4v) is 1.80. The van der Waals surface area contributed by atoms with Crippen LogP contribution >= 0.6 is 0 Å². The van der Waals surface area contributed by atoms with Crippen LogP contribution in [0.2, 0.25) is 0 Å². The molecule has 0 amide bonds. The molecule has 1 heterocycles. The molecule has 0 saturated carbocycles. The van der Waals surface area contributed by atoms with Gasteiger partial charge in [0, 0.05) is 12.6 Å². The third-order valence-corrected chi connectivity index (χ3v) is 2.70. The van der Waals surface area contributed by atoms with Gasteiger partial charge in [-0.2, -0.15) is 0 Å². The van der Waals surface area contributed by atoms with Gasteiger partial charge >= 0.3 is 0 Å². The first-order valence-corrected chi connectivity index (χ1v) is 6.13. The van der Waals surface area contributed by atoms with Gasteiger partial charge in [0.1, 0.15) is 18.1 Å². The molecule has 0 spiro atoms. The standard InChI is InChI=1S/C14H19NO2/c1-2-16-13-4-3-5-14(10-13)17-11-12-6-8-15-9-7-12/h3-6,10,15H,2,7-9,11H2,1H3. The fraction of sp³-hybridized carbons (Fsp3) is 0.429. The zero-order valence-electron chi connectivity index (χ0n) is 10.2. The lowest BCUT2D eigenvalue weighted by molar-refractivity contribution is 0.325. The number of rotatable bonds is 5. The predicted octanol–water partition coefficient (Wildman–Crippen LogP) is 2.38. The molecule has 0 fully saturated rings. The Morgan fingerprint density at radius 3 is 2.76 bits per heavy atom. The second kappa shape index (κ2) is 6.30. The minimum absolute atomic E-state index is 0.678. The van der Waals surface area contributed by atoms with Crippen molar-refractivity contribution in [3.8, 4) is 11.5 Å². The third kappa shape index (κ3) is 3.79. The molecule has 0 aliphatic carbocycles. The maximum absolute atomic E-state index is 5.76. The van der Waals surface area contributed by atoms with Crippen molar-refractivity contribution in [2.75, 3.05) is 26.3 Å². The highest BCUT2D eigenvalue weighted by Gasteiger charge is 2.04. The summed E-state index contributed by atoms with van der Waals surface area (Å²) in [4.78, 5) is 0. The van der Waals surface area contributed by atoms with Crippen LogP contribution in [0.1, 0.15) is 13.3 Å². The number of hydrogen-bond acceptors (Lipinski definition) is 3. The van der Waals surface area contributed by atoms with Gasteiger partial charge in [-0.05, 0) is 37.6 Å². The molecule has 3 heteroatoms.